The van der Waals surface area contributed by atoms with Crippen LogP contribution in [0.1, 0.15) is 51.0 Å². The number of hydrogen-bond donors (Lipinski definition) is 0. The van der Waals surface area contributed by atoms with Gasteiger partial charge in [-0.05, 0) is 56.5 Å². The Morgan fingerprint density at radius 3 is 2.68 bits per heavy atom. The first-order valence-corrected chi connectivity index (χ1v) is 9.22. The monoisotopic (exact) mass is 347 g/mol. The number of esters is 1. The van der Waals surface area contributed by atoms with Crippen LogP contribution >= 0.6 is 0 Å². The van der Waals surface area contributed by atoms with E-state index in [2.05, 4.69) is 21.8 Å². The highest BCUT2D eigenvalue weighted by atomic mass is 16.5. The molecule has 2 rings (SSSR count). The van der Waals surface area contributed by atoms with Crippen LogP contribution in [0.15, 0.2) is 24.3 Å². The summed E-state index contributed by atoms with van der Waals surface area (Å²) in [6, 6.07) is 8.28. The van der Waals surface area contributed by atoms with Gasteiger partial charge in [0.25, 0.3) is 0 Å². The molecule has 1 fully saturated rings. The molecular weight excluding hydrogens is 318 g/mol. The minimum atomic E-state index is -0.416. The van der Waals surface area contributed by atoms with Crippen molar-refractivity contribution in [1.29, 1.82) is 0 Å². The van der Waals surface area contributed by atoms with Crippen LogP contribution in [0.25, 0.3) is 0 Å². The van der Waals surface area contributed by atoms with E-state index in [0.717, 1.165) is 25.1 Å². The number of ether oxygens (including phenoxy) is 2. The highest BCUT2D eigenvalue weighted by molar-refractivity contribution is 5.81. The first-order chi connectivity index (χ1) is 12.1. The molecule has 0 unspecified atom stereocenters. The predicted molar refractivity (Wildman–Crippen MR) is 96.6 cm³/mol. The van der Waals surface area contributed by atoms with Gasteiger partial charge < -0.3 is 9.47 Å². The van der Waals surface area contributed by atoms with Crippen LogP contribution < -0.4 is 4.74 Å². The molecule has 0 spiro atoms. The Balaban J connectivity index is 1.63. The molecule has 1 aliphatic rings. The van der Waals surface area contributed by atoms with Crippen LogP contribution in [-0.2, 0) is 20.9 Å². The molecule has 0 atom stereocenters. The number of hydrogen-bond acceptors (Lipinski definition) is 5. The third kappa shape index (κ3) is 8.16. The van der Waals surface area contributed by atoms with Crippen LogP contribution in [0.3, 0.4) is 0 Å². The summed E-state index contributed by atoms with van der Waals surface area (Å²) < 4.78 is 10.5. The molecule has 0 N–H and O–H groups in total. The maximum absolute atomic E-state index is 11.5. The van der Waals surface area contributed by atoms with Crippen molar-refractivity contribution in [3.8, 4) is 5.75 Å². The van der Waals surface area contributed by atoms with E-state index in [0.29, 0.717) is 13.0 Å². The molecule has 1 saturated heterocycles. The van der Waals surface area contributed by atoms with Crippen LogP contribution in [-0.4, -0.2) is 43.0 Å². The molecule has 1 heterocycles. The quantitative estimate of drug-likeness (QED) is 0.480. The van der Waals surface area contributed by atoms with Gasteiger partial charge in [-0.2, -0.15) is 0 Å². The summed E-state index contributed by atoms with van der Waals surface area (Å²) in [5.41, 5.74) is 1.29. The second kappa shape index (κ2) is 10.9. The minimum absolute atomic E-state index is 0.0428. The van der Waals surface area contributed by atoms with Gasteiger partial charge in [0.05, 0.1) is 6.61 Å². The predicted octanol–water partition coefficient (Wildman–Crippen LogP) is 3.35. The number of carbonyl (C=O) groups is 2. The van der Waals surface area contributed by atoms with Gasteiger partial charge in [-0.3, -0.25) is 14.5 Å². The lowest BCUT2D eigenvalue weighted by molar-refractivity contribution is -0.145. The molecule has 0 radical (unpaired) electrons. The zero-order valence-electron chi connectivity index (χ0n) is 15.2. The van der Waals surface area contributed by atoms with E-state index >= 15 is 0 Å². The van der Waals surface area contributed by atoms with Crippen LogP contribution in [0.2, 0.25) is 0 Å². The summed E-state index contributed by atoms with van der Waals surface area (Å²) in [6.07, 6.45) is 5.92. The number of likely N-dealkylation sites (tertiary alicyclic amines) is 1. The number of benzene rings is 1. The normalized spacial score (nSPS) is 14.9. The van der Waals surface area contributed by atoms with Gasteiger partial charge in [0.2, 0.25) is 0 Å². The molecule has 1 aromatic carbocycles. The molecule has 0 saturated carbocycles. The molecule has 5 heteroatoms. The Labute approximate surface area is 150 Å². The SMILES string of the molecule is CC(=O)OCC(=O)CCCCOc1cccc(CN2CCCCC2)c1. The maximum atomic E-state index is 11.5. The van der Waals surface area contributed by atoms with E-state index in [1.54, 1.807) is 0 Å². The minimum Gasteiger partial charge on any atom is -0.494 e. The van der Waals surface area contributed by atoms with Gasteiger partial charge in [-0.1, -0.05) is 18.6 Å². The summed E-state index contributed by atoms with van der Waals surface area (Å²) >= 11 is 0. The van der Waals surface area contributed by atoms with Crippen molar-refractivity contribution in [2.45, 2.75) is 52.0 Å². The third-order valence-corrected chi connectivity index (χ3v) is 4.31. The Bertz CT molecular complexity index is 552. The Kier molecular flexibility index (Phi) is 8.46. The number of carbonyl (C=O) groups excluding carboxylic acids is 2. The Morgan fingerprint density at radius 1 is 1.12 bits per heavy atom. The second-order valence-electron chi connectivity index (χ2n) is 6.61. The van der Waals surface area contributed by atoms with Gasteiger partial charge in [0.1, 0.15) is 12.4 Å². The molecule has 0 bridgehead atoms. The lowest BCUT2D eigenvalue weighted by Crippen LogP contribution is -2.29. The molecule has 0 aromatic heterocycles. The van der Waals surface area contributed by atoms with E-state index in [-0.39, 0.29) is 12.4 Å². The van der Waals surface area contributed by atoms with Crippen molar-refractivity contribution in [3.63, 3.8) is 0 Å². The van der Waals surface area contributed by atoms with Crippen molar-refractivity contribution >= 4 is 11.8 Å². The standard InChI is InChI=1S/C20H29NO4/c1-17(22)25-16-19(23)9-3-6-13-24-20-10-7-8-18(14-20)15-21-11-4-2-5-12-21/h7-8,10,14H,2-6,9,11-13,15-16H2,1H3. The topological polar surface area (TPSA) is 55.8 Å². The highest BCUT2D eigenvalue weighted by Crippen LogP contribution is 2.18. The Hall–Kier alpha value is -1.88. The van der Waals surface area contributed by atoms with Gasteiger partial charge in [0, 0.05) is 19.9 Å². The fourth-order valence-electron chi connectivity index (χ4n) is 2.98. The lowest BCUT2D eigenvalue weighted by atomic mass is 10.1. The van der Waals surface area contributed by atoms with Gasteiger partial charge in [0.15, 0.2) is 5.78 Å². The fraction of sp³-hybridized carbons (Fsp3) is 0.600. The maximum Gasteiger partial charge on any atom is 0.303 e. The summed E-state index contributed by atoms with van der Waals surface area (Å²) in [5, 5.41) is 0. The number of Topliss-reactive ketones (excluding diaryl/α,β-unsaturated/α-hetero) is 1. The zero-order chi connectivity index (χ0) is 17.9. The number of piperidine rings is 1. The molecular formula is C20H29NO4. The van der Waals surface area contributed by atoms with Crippen LogP contribution in [0.4, 0.5) is 0 Å². The number of ketones is 1. The Morgan fingerprint density at radius 2 is 1.92 bits per heavy atom. The second-order valence-corrected chi connectivity index (χ2v) is 6.61. The van der Waals surface area contributed by atoms with Gasteiger partial charge in [-0.15, -0.1) is 0 Å². The lowest BCUT2D eigenvalue weighted by Gasteiger charge is -2.26. The number of rotatable bonds is 10. The first-order valence-electron chi connectivity index (χ1n) is 9.22. The highest BCUT2D eigenvalue weighted by Gasteiger charge is 2.10. The van der Waals surface area contributed by atoms with Gasteiger partial charge >= 0.3 is 5.97 Å². The van der Waals surface area contributed by atoms with E-state index in [1.807, 2.05) is 12.1 Å². The van der Waals surface area contributed by atoms with Crippen molar-refractivity contribution in [2.75, 3.05) is 26.3 Å². The summed E-state index contributed by atoms with van der Waals surface area (Å²) in [6.45, 7) is 5.14. The zero-order valence-corrected chi connectivity index (χ0v) is 15.2. The first kappa shape index (κ1) is 19.4. The summed E-state index contributed by atoms with van der Waals surface area (Å²) in [4.78, 5) is 24.6. The average Bonchev–Trinajstić information content (AvgIpc) is 2.61. The van der Waals surface area contributed by atoms with E-state index in [9.17, 15) is 9.59 Å². The van der Waals surface area contributed by atoms with Crippen molar-refractivity contribution < 1.29 is 19.1 Å². The molecule has 25 heavy (non-hydrogen) atoms. The molecule has 0 aliphatic carbocycles. The average molecular weight is 347 g/mol. The largest absolute Gasteiger partial charge is 0.494 e. The molecule has 1 aromatic rings. The van der Waals surface area contributed by atoms with Gasteiger partial charge in [-0.25, -0.2) is 0 Å². The van der Waals surface area contributed by atoms with Crippen LogP contribution in [0, 0.1) is 0 Å². The molecule has 138 valence electrons. The van der Waals surface area contributed by atoms with Crippen LogP contribution in [0.5, 0.6) is 5.75 Å². The van der Waals surface area contributed by atoms with E-state index in [4.69, 9.17) is 4.74 Å². The number of unbranched alkanes of at least 4 members (excludes halogenated alkanes) is 1. The third-order valence-electron chi connectivity index (χ3n) is 4.31. The molecule has 1 aliphatic heterocycles. The smallest absolute Gasteiger partial charge is 0.303 e. The van der Waals surface area contributed by atoms with E-state index in [1.165, 1.54) is 44.8 Å². The fourth-order valence-corrected chi connectivity index (χ4v) is 2.98. The van der Waals surface area contributed by atoms with Crippen molar-refractivity contribution in [3.05, 3.63) is 29.8 Å². The van der Waals surface area contributed by atoms with Crippen molar-refractivity contribution in [1.82, 2.24) is 4.90 Å². The van der Waals surface area contributed by atoms with E-state index < -0.39 is 5.97 Å². The van der Waals surface area contributed by atoms with Crippen molar-refractivity contribution in [2.24, 2.45) is 0 Å². The summed E-state index contributed by atoms with van der Waals surface area (Å²) in [5.74, 6) is 0.431. The molecule has 5 nitrogen and oxygen atoms in total. The summed E-state index contributed by atoms with van der Waals surface area (Å²) in [7, 11) is 0. The molecule has 0 amide bonds. The number of nitrogens with zero attached hydrogens (tertiary/aromatic N) is 1.